The minimum Gasteiger partial charge on any atom is -0.490 e. The van der Waals surface area contributed by atoms with Gasteiger partial charge in [0.25, 0.3) is 0 Å². The van der Waals surface area contributed by atoms with Crippen LogP contribution >= 0.6 is 0 Å². The summed E-state index contributed by atoms with van der Waals surface area (Å²) in [5.74, 6) is 1.67. The quantitative estimate of drug-likeness (QED) is 0.717. The molecule has 0 aliphatic carbocycles. The number of ether oxygens (including phenoxy) is 3. The number of hydrogen-bond donors (Lipinski definition) is 2. The second-order valence-corrected chi connectivity index (χ2v) is 5.12. The van der Waals surface area contributed by atoms with Crippen molar-refractivity contribution in [1.29, 1.82) is 0 Å². The second-order valence-electron chi connectivity index (χ2n) is 5.12. The van der Waals surface area contributed by atoms with E-state index in [0.29, 0.717) is 26.4 Å². The molecule has 0 fully saturated rings. The Morgan fingerprint density at radius 2 is 2.05 bits per heavy atom. The van der Waals surface area contributed by atoms with Crippen molar-refractivity contribution in [2.45, 2.75) is 25.8 Å². The molecule has 21 heavy (non-hydrogen) atoms. The number of fused-ring (bicyclic) bond motifs is 1. The Kier molecular flexibility index (Phi) is 6.79. The number of rotatable bonds is 8. The summed E-state index contributed by atoms with van der Waals surface area (Å²) in [6.45, 7) is 5.60. The molecule has 1 atom stereocenters. The fraction of sp³-hybridized carbons (Fsp3) is 0.625. The van der Waals surface area contributed by atoms with E-state index in [1.165, 1.54) is 5.56 Å². The fourth-order valence-corrected chi connectivity index (χ4v) is 2.23. The van der Waals surface area contributed by atoms with Crippen molar-refractivity contribution in [1.82, 2.24) is 5.32 Å². The van der Waals surface area contributed by atoms with Crippen molar-refractivity contribution < 1.29 is 19.3 Å². The van der Waals surface area contributed by atoms with Gasteiger partial charge in [-0.3, -0.25) is 0 Å². The third kappa shape index (κ3) is 5.19. The van der Waals surface area contributed by atoms with E-state index in [1.807, 2.05) is 6.07 Å². The first kappa shape index (κ1) is 16.1. The number of nitrogens with one attached hydrogen (secondary N) is 1. The maximum atomic E-state index is 8.61. The first-order valence-electron chi connectivity index (χ1n) is 7.63. The molecule has 2 rings (SSSR count). The molecule has 0 aromatic heterocycles. The van der Waals surface area contributed by atoms with Crippen molar-refractivity contribution in [3.05, 3.63) is 23.8 Å². The van der Waals surface area contributed by atoms with Crippen LogP contribution in [0, 0.1) is 0 Å². The standard InChI is InChI=1S/C16H25NO4/c1-13(17-6-2-8-19-11-7-18)14-4-5-15-16(12-14)21-10-3-9-20-15/h4-5,12-13,17-18H,2-3,6-11H2,1H3. The van der Waals surface area contributed by atoms with Gasteiger partial charge in [0.15, 0.2) is 11.5 Å². The summed E-state index contributed by atoms with van der Waals surface area (Å²) in [6.07, 6.45) is 1.85. The largest absolute Gasteiger partial charge is 0.490 e. The molecule has 0 amide bonds. The second kappa shape index (κ2) is 8.87. The van der Waals surface area contributed by atoms with E-state index in [4.69, 9.17) is 19.3 Å². The third-order valence-electron chi connectivity index (χ3n) is 3.42. The zero-order valence-corrected chi connectivity index (χ0v) is 12.6. The third-order valence-corrected chi connectivity index (χ3v) is 3.42. The molecule has 1 unspecified atom stereocenters. The van der Waals surface area contributed by atoms with E-state index >= 15 is 0 Å². The predicted octanol–water partition coefficient (Wildman–Crippen LogP) is 1.90. The Bertz CT molecular complexity index is 425. The minimum absolute atomic E-state index is 0.0844. The van der Waals surface area contributed by atoms with Crippen molar-refractivity contribution in [3.63, 3.8) is 0 Å². The molecule has 0 radical (unpaired) electrons. The molecule has 1 aromatic carbocycles. The van der Waals surface area contributed by atoms with E-state index < -0.39 is 0 Å². The van der Waals surface area contributed by atoms with Crippen molar-refractivity contribution in [2.24, 2.45) is 0 Å². The predicted molar refractivity (Wildman–Crippen MR) is 81.0 cm³/mol. The average molecular weight is 295 g/mol. The smallest absolute Gasteiger partial charge is 0.161 e. The molecular weight excluding hydrogens is 270 g/mol. The first-order valence-corrected chi connectivity index (χ1v) is 7.63. The van der Waals surface area contributed by atoms with Crippen LogP contribution in [0.3, 0.4) is 0 Å². The lowest BCUT2D eigenvalue weighted by Crippen LogP contribution is -2.21. The Balaban J connectivity index is 1.79. The van der Waals surface area contributed by atoms with Crippen LogP contribution in [0.5, 0.6) is 11.5 Å². The van der Waals surface area contributed by atoms with Crippen LogP contribution in [0.25, 0.3) is 0 Å². The normalized spacial score (nSPS) is 15.5. The lowest BCUT2D eigenvalue weighted by atomic mass is 10.1. The first-order chi connectivity index (χ1) is 10.3. The number of benzene rings is 1. The summed E-state index contributed by atoms with van der Waals surface area (Å²) in [6, 6.07) is 6.37. The highest BCUT2D eigenvalue weighted by Crippen LogP contribution is 2.32. The summed E-state index contributed by atoms with van der Waals surface area (Å²) in [7, 11) is 0. The van der Waals surface area contributed by atoms with Crippen molar-refractivity contribution in [3.8, 4) is 11.5 Å². The van der Waals surface area contributed by atoms with E-state index in [2.05, 4.69) is 24.4 Å². The van der Waals surface area contributed by atoms with E-state index in [-0.39, 0.29) is 12.6 Å². The topological polar surface area (TPSA) is 60.0 Å². The van der Waals surface area contributed by atoms with Gasteiger partial charge < -0.3 is 24.6 Å². The van der Waals surface area contributed by atoms with Gasteiger partial charge in [-0.1, -0.05) is 6.07 Å². The van der Waals surface area contributed by atoms with Crippen LogP contribution in [0.1, 0.15) is 31.4 Å². The van der Waals surface area contributed by atoms with E-state index in [1.54, 1.807) is 0 Å². The molecule has 118 valence electrons. The summed E-state index contributed by atoms with van der Waals surface area (Å²) in [5, 5.41) is 12.1. The van der Waals surface area contributed by atoms with Crippen LogP contribution in [0.2, 0.25) is 0 Å². The highest BCUT2D eigenvalue weighted by Gasteiger charge is 2.13. The van der Waals surface area contributed by atoms with Gasteiger partial charge in [0, 0.05) is 19.1 Å². The zero-order valence-electron chi connectivity index (χ0n) is 12.6. The van der Waals surface area contributed by atoms with Gasteiger partial charge in [0.2, 0.25) is 0 Å². The molecule has 5 heteroatoms. The molecule has 1 aliphatic rings. The molecule has 0 bridgehead atoms. The van der Waals surface area contributed by atoms with Gasteiger partial charge >= 0.3 is 0 Å². The molecule has 2 N–H and O–H groups in total. The fourth-order valence-electron chi connectivity index (χ4n) is 2.23. The monoisotopic (exact) mass is 295 g/mol. The number of hydrogen-bond acceptors (Lipinski definition) is 5. The van der Waals surface area contributed by atoms with Crippen LogP contribution in [0.15, 0.2) is 18.2 Å². The van der Waals surface area contributed by atoms with Gasteiger partial charge in [-0.05, 0) is 37.6 Å². The lowest BCUT2D eigenvalue weighted by Gasteiger charge is -2.16. The van der Waals surface area contributed by atoms with Crippen LogP contribution < -0.4 is 14.8 Å². The van der Waals surface area contributed by atoms with Crippen LogP contribution in [-0.4, -0.2) is 44.7 Å². The SMILES string of the molecule is CC(NCCCOCCO)c1ccc2c(c1)OCCCO2. The molecule has 1 heterocycles. The highest BCUT2D eigenvalue weighted by molar-refractivity contribution is 5.44. The number of aliphatic hydroxyl groups excluding tert-OH is 1. The Morgan fingerprint density at radius 1 is 1.24 bits per heavy atom. The van der Waals surface area contributed by atoms with Gasteiger partial charge in [0.05, 0.1) is 26.4 Å². The Hall–Kier alpha value is -1.30. The number of aliphatic hydroxyl groups is 1. The zero-order chi connectivity index (χ0) is 14.9. The van der Waals surface area contributed by atoms with Gasteiger partial charge in [0.1, 0.15) is 0 Å². The maximum absolute atomic E-state index is 8.61. The summed E-state index contributed by atoms with van der Waals surface area (Å²) < 4.78 is 16.6. The van der Waals surface area contributed by atoms with Crippen LogP contribution in [-0.2, 0) is 4.74 Å². The highest BCUT2D eigenvalue weighted by atomic mass is 16.5. The van der Waals surface area contributed by atoms with Crippen molar-refractivity contribution in [2.75, 3.05) is 39.6 Å². The van der Waals surface area contributed by atoms with Gasteiger partial charge in [-0.15, -0.1) is 0 Å². The molecule has 0 spiro atoms. The average Bonchev–Trinajstić information content (AvgIpc) is 2.75. The lowest BCUT2D eigenvalue weighted by molar-refractivity contribution is 0.0904. The minimum atomic E-state index is 0.0844. The van der Waals surface area contributed by atoms with Crippen molar-refractivity contribution >= 4 is 0 Å². The molecule has 1 aromatic rings. The molecule has 0 saturated carbocycles. The molecule has 5 nitrogen and oxygen atoms in total. The van der Waals surface area contributed by atoms with E-state index in [9.17, 15) is 0 Å². The Labute approximate surface area is 126 Å². The van der Waals surface area contributed by atoms with Crippen LogP contribution in [0.4, 0.5) is 0 Å². The van der Waals surface area contributed by atoms with E-state index in [0.717, 1.165) is 30.9 Å². The summed E-state index contributed by atoms with van der Waals surface area (Å²) in [4.78, 5) is 0. The van der Waals surface area contributed by atoms with Gasteiger partial charge in [-0.25, -0.2) is 0 Å². The Morgan fingerprint density at radius 3 is 2.86 bits per heavy atom. The molecular formula is C16H25NO4. The maximum Gasteiger partial charge on any atom is 0.161 e. The van der Waals surface area contributed by atoms with Gasteiger partial charge in [-0.2, -0.15) is 0 Å². The summed E-state index contributed by atoms with van der Waals surface area (Å²) >= 11 is 0. The molecule has 1 aliphatic heterocycles. The molecule has 0 saturated heterocycles. The summed E-state index contributed by atoms with van der Waals surface area (Å²) in [5.41, 5.74) is 1.19.